The number of nitrogens with one attached hydrogen (secondary N) is 1. The Morgan fingerprint density at radius 2 is 1.76 bits per heavy atom. The summed E-state index contributed by atoms with van der Waals surface area (Å²) in [5, 5.41) is 12.1. The van der Waals surface area contributed by atoms with Gasteiger partial charge in [-0.15, -0.1) is 11.3 Å². The van der Waals surface area contributed by atoms with Gasteiger partial charge in [0, 0.05) is 23.9 Å². The molecule has 0 bridgehead atoms. The molecule has 0 aliphatic rings. The van der Waals surface area contributed by atoms with Crippen LogP contribution in [0.1, 0.15) is 10.6 Å². The Morgan fingerprint density at radius 3 is 2.48 bits per heavy atom. The number of hydrogen-bond donors (Lipinski definition) is 2. The van der Waals surface area contributed by atoms with Crippen molar-refractivity contribution in [3.05, 3.63) is 70.5 Å². The van der Waals surface area contributed by atoms with Crippen LogP contribution in [0.15, 0.2) is 60.0 Å². The Hall–Kier alpha value is -2.22. The van der Waals surface area contributed by atoms with E-state index in [1.54, 1.807) is 36.4 Å². The Balaban J connectivity index is 1.55. The Bertz CT molecular complexity index is 920. The summed E-state index contributed by atoms with van der Waals surface area (Å²) in [4.78, 5) is 4.52. The Labute approximate surface area is 151 Å². The SMILES string of the molecule is O=S(=O)(Cc1ccccc1)NCCc1nc(-c2ccc(O)cc2)cs1. The van der Waals surface area contributed by atoms with Gasteiger partial charge < -0.3 is 5.11 Å². The highest BCUT2D eigenvalue weighted by atomic mass is 32.2. The van der Waals surface area contributed by atoms with Gasteiger partial charge in [-0.2, -0.15) is 0 Å². The van der Waals surface area contributed by atoms with Crippen LogP contribution in [0.3, 0.4) is 0 Å². The smallest absolute Gasteiger partial charge is 0.215 e. The summed E-state index contributed by atoms with van der Waals surface area (Å²) in [6.07, 6.45) is 0.538. The zero-order valence-electron chi connectivity index (χ0n) is 13.4. The highest BCUT2D eigenvalue weighted by Gasteiger charge is 2.11. The molecular formula is C18H18N2O3S2. The third-order valence-corrected chi connectivity index (χ3v) is 5.84. The minimum atomic E-state index is -3.36. The molecule has 0 unspecified atom stereocenters. The minimum Gasteiger partial charge on any atom is -0.508 e. The van der Waals surface area contributed by atoms with Crippen molar-refractivity contribution in [2.75, 3.05) is 6.54 Å². The van der Waals surface area contributed by atoms with Gasteiger partial charge in [-0.05, 0) is 29.8 Å². The Kier molecular flexibility index (Phi) is 5.47. The molecule has 0 spiro atoms. The van der Waals surface area contributed by atoms with E-state index in [-0.39, 0.29) is 11.5 Å². The number of rotatable bonds is 7. The number of aromatic nitrogens is 1. The van der Waals surface area contributed by atoms with E-state index in [4.69, 9.17) is 0 Å². The van der Waals surface area contributed by atoms with Crippen molar-refractivity contribution in [3.63, 3.8) is 0 Å². The normalized spacial score (nSPS) is 11.5. The molecule has 1 aromatic heterocycles. The van der Waals surface area contributed by atoms with Gasteiger partial charge in [-0.25, -0.2) is 18.1 Å². The number of benzene rings is 2. The maximum Gasteiger partial charge on any atom is 0.215 e. The average molecular weight is 374 g/mol. The maximum absolute atomic E-state index is 12.1. The van der Waals surface area contributed by atoms with E-state index in [9.17, 15) is 13.5 Å². The zero-order valence-corrected chi connectivity index (χ0v) is 15.1. The first-order valence-electron chi connectivity index (χ1n) is 7.77. The fourth-order valence-electron chi connectivity index (χ4n) is 2.35. The van der Waals surface area contributed by atoms with Crippen molar-refractivity contribution in [1.82, 2.24) is 9.71 Å². The van der Waals surface area contributed by atoms with Crippen LogP contribution in [0.5, 0.6) is 5.75 Å². The van der Waals surface area contributed by atoms with E-state index in [1.165, 1.54) is 11.3 Å². The third-order valence-electron chi connectivity index (χ3n) is 3.58. The molecule has 0 radical (unpaired) electrons. The van der Waals surface area contributed by atoms with Gasteiger partial charge in [-0.3, -0.25) is 0 Å². The topological polar surface area (TPSA) is 79.3 Å². The van der Waals surface area contributed by atoms with Crippen LogP contribution in [0.4, 0.5) is 0 Å². The van der Waals surface area contributed by atoms with Gasteiger partial charge in [0.15, 0.2) is 0 Å². The molecule has 2 aromatic carbocycles. The lowest BCUT2D eigenvalue weighted by molar-refractivity contribution is 0.475. The van der Waals surface area contributed by atoms with Gasteiger partial charge in [0.1, 0.15) is 5.75 Å². The summed E-state index contributed by atoms with van der Waals surface area (Å²) in [6, 6.07) is 15.9. The molecule has 0 aliphatic carbocycles. The van der Waals surface area contributed by atoms with Crippen LogP contribution in [0.25, 0.3) is 11.3 Å². The molecule has 25 heavy (non-hydrogen) atoms. The predicted octanol–water partition coefficient (Wildman–Crippen LogP) is 3.18. The van der Waals surface area contributed by atoms with Crippen molar-refractivity contribution in [2.45, 2.75) is 12.2 Å². The molecule has 0 atom stereocenters. The van der Waals surface area contributed by atoms with E-state index in [0.29, 0.717) is 13.0 Å². The monoisotopic (exact) mass is 374 g/mol. The summed E-state index contributed by atoms with van der Waals surface area (Å²) < 4.78 is 26.8. The number of hydrogen-bond acceptors (Lipinski definition) is 5. The van der Waals surface area contributed by atoms with Gasteiger partial charge in [0.2, 0.25) is 10.0 Å². The molecule has 0 saturated heterocycles. The molecule has 3 rings (SSSR count). The maximum atomic E-state index is 12.1. The van der Waals surface area contributed by atoms with Crippen LogP contribution in [-0.4, -0.2) is 25.1 Å². The number of phenolic OH excluding ortho intramolecular Hbond substituents is 1. The summed E-state index contributed by atoms with van der Waals surface area (Å²) in [7, 11) is -3.36. The van der Waals surface area contributed by atoms with E-state index in [1.807, 2.05) is 23.6 Å². The second kappa shape index (κ2) is 7.77. The lowest BCUT2D eigenvalue weighted by Gasteiger charge is -2.05. The van der Waals surface area contributed by atoms with Crippen molar-refractivity contribution < 1.29 is 13.5 Å². The second-order valence-electron chi connectivity index (χ2n) is 5.56. The number of aromatic hydroxyl groups is 1. The first kappa shape index (κ1) is 17.6. The molecular weight excluding hydrogens is 356 g/mol. The molecule has 0 fully saturated rings. The molecule has 1 heterocycles. The van der Waals surface area contributed by atoms with Gasteiger partial charge in [-0.1, -0.05) is 30.3 Å². The van der Waals surface area contributed by atoms with Crippen LogP contribution >= 0.6 is 11.3 Å². The predicted molar refractivity (Wildman–Crippen MR) is 100.0 cm³/mol. The zero-order chi connectivity index (χ0) is 17.7. The summed E-state index contributed by atoms with van der Waals surface area (Å²) in [5.74, 6) is 0.191. The van der Waals surface area contributed by atoms with Crippen LogP contribution in [-0.2, 0) is 22.2 Å². The molecule has 0 aliphatic heterocycles. The van der Waals surface area contributed by atoms with E-state index < -0.39 is 10.0 Å². The molecule has 0 amide bonds. The molecule has 5 nitrogen and oxygen atoms in total. The molecule has 3 aromatic rings. The number of phenols is 1. The lowest BCUT2D eigenvalue weighted by Crippen LogP contribution is -2.27. The lowest BCUT2D eigenvalue weighted by atomic mass is 10.2. The third kappa shape index (κ3) is 5.12. The quantitative estimate of drug-likeness (QED) is 0.666. The van der Waals surface area contributed by atoms with Crippen molar-refractivity contribution in [3.8, 4) is 17.0 Å². The van der Waals surface area contributed by atoms with Crippen LogP contribution in [0.2, 0.25) is 0 Å². The number of nitrogens with zero attached hydrogens (tertiary/aromatic N) is 1. The fraction of sp³-hybridized carbons (Fsp3) is 0.167. The van der Waals surface area contributed by atoms with Gasteiger partial charge in [0.25, 0.3) is 0 Å². The summed E-state index contributed by atoms with van der Waals surface area (Å²) >= 11 is 1.49. The van der Waals surface area contributed by atoms with Crippen LogP contribution < -0.4 is 4.72 Å². The van der Waals surface area contributed by atoms with E-state index in [2.05, 4.69) is 9.71 Å². The Morgan fingerprint density at radius 1 is 1.04 bits per heavy atom. The minimum absolute atomic E-state index is 0.0233. The standard InChI is InChI=1S/C18H18N2O3S2/c21-16-8-6-15(7-9-16)17-12-24-18(20-17)10-11-19-25(22,23)13-14-4-2-1-3-5-14/h1-9,12,19,21H,10-11,13H2. The first-order chi connectivity index (χ1) is 12.0. The molecule has 0 saturated carbocycles. The first-order valence-corrected chi connectivity index (χ1v) is 10.3. The van der Waals surface area contributed by atoms with Crippen molar-refractivity contribution in [1.29, 1.82) is 0 Å². The second-order valence-corrected chi connectivity index (χ2v) is 8.31. The highest BCUT2D eigenvalue weighted by Crippen LogP contribution is 2.23. The number of thiazole rings is 1. The fourth-order valence-corrected chi connectivity index (χ4v) is 4.30. The number of sulfonamides is 1. The average Bonchev–Trinajstić information content (AvgIpc) is 3.04. The summed E-state index contributed by atoms with van der Waals surface area (Å²) in [5.41, 5.74) is 2.51. The largest absolute Gasteiger partial charge is 0.508 e. The summed E-state index contributed by atoms with van der Waals surface area (Å²) in [6.45, 7) is 0.317. The molecule has 2 N–H and O–H groups in total. The van der Waals surface area contributed by atoms with E-state index >= 15 is 0 Å². The van der Waals surface area contributed by atoms with E-state index in [0.717, 1.165) is 21.8 Å². The van der Waals surface area contributed by atoms with Gasteiger partial charge in [0.05, 0.1) is 16.5 Å². The molecule has 7 heteroatoms. The van der Waals surface area contributed by atoms with Crippen molar-refractivity contribution >= 4 is 21.4 Å². The van der Waals surface area contributed by atoms with Crippen molar-refractivity contribution in [2.24, 2.45) is 0 Å². The van der Waals surface area contributed by atoms with Gasteiger partial charge >= 0.3 is 0 Å². The highest BCUT2D eigenvalue weighted by molar-refractivity contribution is 7.88. The molecule has 130 valence electrons. The van der Waals surface area contributed by atoms with Crippen LogP contribution in [0, 0.1) is 0 Å².